The van der Waals surface area contributed by atoms with Crippen molar-refractivity contribution in [1.82, 2.24) is 0 Å². The van der Waals surface area contributed by atoms with Gasteiger partial charge in [0.1, 0.15) is 6.04 Å². The number of thiol groups is 1. The Labute approximate surface area is 82.2 Å². The first-order valence-corrected chi connectivity index (χ1v) is 4.32. The summed E-state index contributed by atoms with van der Waals surface area (Å²) in [6, 6.07) is 6.65. The number of hydrogen-bond acceptors (Lipinski definition) is 3. The second kappa shape index (κ2) is 4.18. The Morgan fingerprint density at radius 3 is 2.85 bits per heavy atom. The number of aliphatic carboxylic acids is 1. The van der Waals surface area contributed by atoms with Crippen molar-refractivity contribution in [2.24, 2.45) is 0 Å². The van der Waals surface area contributed by atoms with Gasteiger partial charge in [0.2, 0.25) is 0 Å². The van der Waals surface area contributed by atoms with Crippen molar-refractivity contribution in [3.63, 3.8) is 0 Å². The molecule has 0 radical (unpaired) electrons. The Bertz CT molecular complexity index is 314. The lowest BCUT2D eigenvalue weighted by Crippen LogP contribution is -2.25. The zero-order valence-corrected chi connectivity index (χ0v) is 8.08. The van der Waals surface area contributed by atoms with Gasteiger partial charge in [0.05, 0.1) is 0 Å². The Balaban J connectivity index is 2.69. The van der Waals surface area contributed by atoms with Gasteiger partial charge in [-0.3, -0.25) is 4.79 Å². The highest BCUT2D eigenvalue weighted by molar-refractivity contribution is 7.80. The van der Waals surface area contributed by atoms with Gasteiger partial charge >= 0.3 is 5.97 Å². The van der Waals surface area contributed by atoms with Crippen molar-refractivity contribution in [1.29, 1.82) is 0 Å². The molecular formula is C9H11NO2S. The van der Waals surface area contributed by atoms with Crippen LogP contribution in [-0.2, 0) is 4.79 Å². The number of anilines is 1. The Hall–Kier alpha value is -1.16. The molecule has 0 fully saturated rings. The molecule has 1 aromatic rings. The number of rotatable bonds is 3. The minimum atomic E-state index is -0.871. The molecule has 70 valence electrons. The highest BCUT2D eigenvalue weighted by Gasteiger charge is 2.09. The van der Waals surface area contributed by atoms with Crippen LogP contribution >= 0.6 is 12.6 Å². The molecule has 0 spiro atoms. The molecule has 0 aliphatic heterocycles. The van der Waals surface area contributed by atoms with Gasteiger partial charge in [0.15, 0.2) is 0 Å². The lowest BCUT2D eigenvalue weighted by Gasteiger charge is -2.10. The lowest BCUT2D eigenvalue weighted by atomic mass is 10.2. The fourth-order valence-electron chi connectivity index (χ4n) is 0.907. The maximum absolute atomic E-state index is 10.5. The van der Waals surface area contributed by atoms with Crippen molar-refractivity contribution >= 4 is 24.3 Å². The number of benzene rings is 1. The zero-order valence-electron chi connectivity index (χ0n) is 7.19. The highest BCUT2D eigenvalue weighted by Crippen LogP contribution is 2.14. The molecule has 0 amide bonds. The summed E-state index contributed by atoms with van der Waals surface area (Å²) in [5.74, 6) is -0.871. The SMILES string of the molecule is C[C@H](Nc1cccc(S)c1)C(=O)O. The number of hydrogen-bond donors (Lipinski definition) is 3. The van der Waals surface area contributed by atoms with E-state index in [0.717, 1.165) is 10.6 Å². The molecule has 1 aromatic carbocycles. The van der Waals surface area contributed by atoms with Crippen molar-refractivity contribution in [2.75, 3.05) is 5.32 Å². The third-order valence-electron chi connectivity index (χ3n) is 1.60. The second-order valence-electron chi connectivity index (χ2n) is 2.75. The molecule has 0 bridgehead atoms. The minimum Gasteiger partial charge on any atom is -0.480 e. The summed E-state index contributed by atoms with van der Waals surface area (Å²) in [7, 11) is 0. The van der Waals surface area contributed by atoms with E-state index >= 15 is 0 Å². The van der Waals surface area contributed by atoms with E-state index in [2.05, 4.69) is 17.9 Å². The summed E-state index contributed by atoms with van der Waals surface area (Å²) in [4.78, 5) is 11.3. The van der Waals surface area contributed by atoms with Crippen molar-refractivity contribution in [3.8, 4) is 0 Å². The summed E-state index contributed by atoms with van der Waals surface area (Å²) in [6.45, 7) is 1.59. The molecule has 0 saturated carbocycles. The van der Waals surface area contributed by atoms with Crippen LogP contribution in [0.25, 0.3) is 0 Å². The molecule has 3 nitrogen and oxygen atoms in total. The van der Waals surface area contributed by atoms with E-state index in [1.54, 1.807) is 19.1 Å². The molecule has 0 saturated heterocycles. The normalized spacial score (nSPS) is 12.2. The number of carboxylic acids is 1. The Morgan fingerprint density at radius 2 is 2.31 bits per heavy atom. The van der Waals surface area contributed by atoms with Crippen LogP contribution in [-0.4, -0.2) is 17.1 Å². The first-order chi connectivity index (χ1) is 6.09. The van der Waals surface area contributed by atoms with E-state index in [-0.39, 0.29) is 0 Å². The zero-order chi connectivity index (χ0) is 9.84. The van der Waals surface area contributed by atoms with Crippen molar-refractivity contribution < 1.29 is 9.90 Å². The Morgan fingerprint density at radius 1 is 1.62 bits per heavy atom. The predicted molar refractivity (Wildman–Crippen MR) is 54.4 cm³/mol. The molecule has 0 aliphatic carbocycles. The van der Waals surface area contributed by atoms with Gasteiger partial charge in [-0.25, -0.2) is 0 Å². The van der Waals surface area contributed by atoms with Crippen LogP contribution < -0.4 is 5.32 Å². The monoisotopic (exact) mass is 197 g/mol. The first kappa shape index (κ1) is 9.92. The van der Waals surface area contributed by atoms with Crippen LogP contribution in [0.3, 0.4) is 0 Å². The van der Waals surface area contributed by atoms with Gasteiger partial charge in [0, 0.05) is 10.6 Å². The van der Waals surface area contributed by atoms with E-state index in [9.17, 15) is 4.79 Å². The van der Waals surface area contributed by atoms with Crippen LogP contribution in [0.1, 0.15) is 6.92 Å². The van der Waals surface area contributed by atoms with E-state index in [4.69, 9.17) is 5.11 Å². The second-order valence-corrected chi connectivity index (χ2v) is 3.27. The highest BCUT2D eigenvalue weighted by atomic mass is 32.1. The third-order valence-corrected chi connectivity index (χ3v) is 1.88. The maximum Gasteiger partial charge on any atom is 0.325 e. The van der Waals surface area contributed by atoms with E-state index in [1.165, 1.54) is 0 Å². The van der Waals surface area contributed by atoms with Gasteiger partial charge in [-0.15, -0.1) is 12.6 Å². The number of carbonyl (C=O) groups is 1. The van der Waals surface area contributed by atoms with Crippen molar-refractivity contribution in [3.05, 3.63) is 24.3 Å². The summed E-state index contributed by atoms with van der Waals surface area (Å²) < 4.78 is 0. The maximum atomic E-state index is 10.5. The van der Waals surface area contributed by atoms with Gasteiger partial charge in [-0.2, -0.15) is 0 Å². The fraction of sp³-hybridized carbons (Fsp3) is 0.222. The lowest BCUT2D eigenvalue weighted by molar-refractivity contribution is -0.137. The first-order valence-electron chi connectivity index (χ1n) is 3.88. The molecule has 2 N–H and O–H groups in total. The average molecular weight is 197 g/mol. The molecule has 0 unspecified atom stereocenters. The molecule has 0 aromatic heterocycles. The van der Waals surface area contributed by atoms with Crippen LogP contribution in [0, 0.1) is 0 Å². The fourth-order valence-corrected chi connectivity index (χ4v) is 1.13. The minimum absolute atomic E-state index is 0.588. The van der Waals surface area contributed by atoms with E-state index in [0.29, 0.717) is 0 Å². The van der Waals surface area contributed by atoms with E-state index in [1.807, 2.05) is 12.1 Å². The van der Waals surface area contributed by atoms with Crippen LogP contribution in [0.4, 0.5) is 5.69 Å². The summed E-state index contributed by atoms with van der Waals surface area (Å²) in [5.41, 5.74) is 0.766. The molecule has 1 atom stereocenters. The molecule has 4 heteroatoms. The van der Waals surface area contributed by atoms with E-state index < -0.39 is 12.0 Å². The third kappa shape index (κ3) is 2.99. The summed E-state index contributed by atoms with van der Waals surface area (Å²) in [5, 5.41) is 11.5. The molecule has 13 heavy (non-hydrogen) atoms. The largest absolute Gasteiger partial charge is 0.480 e. The molecular weight excluding hydrogens is 186 g/mol. The van der Waals surface area contributed by atoms with Gasteiger partial charge in [-0.1, -0.05) is 6.07 Å². The summed E-state index contributed by atoms with van der Waals surface area (Å²) >= 11 is 4.14. The van der Waals surface area contributed by atoms with Crippen molar-refractivity contribution in [2.45, 2.75) is 17.9 Å². The van der Waals surface area contributed by atoms with Gasteiger partial charge in [0.25, 0.3) is 0 Å². The molecule has 0 heterocycles. The van der Waals surface area contributed by atoms with Gasteiger partial charge in [-0.05, 0) is 25.1 Å². The van der Waals surface area contributed by atoms with Crippen LogP contribution in [0.2, 0.25) is 0 Å². The van der Waals surface area contributed by atoms with Gasteiger partial charge < -0.3 is 10.4 Å². The Kier molecular flexibility index (Phi) is 3.19. The smallest absolute Gasteiger partial charge is 0.325 e. The molecule has 1 rings (SSSR count). The quantitative estimate of drug-likeness (QED) is 0.648. The van der Waals surface area contributed by atoms with Crippen LogP contribution in [0.5, 0.6) is 0 Å². The number of carboxylic acid groups (broad SMARTS) is 1. The standard InChI is InChI=1S/C9H11NO2S/c1-6(9(11)12)10-7-3-2-4-8(13)5-7/h2-6,10,13H,1H3,(H,11,12)/t6-/m0/s1. The summed E-state index contributed by atoms with van der Waals surface area (Å²) in [6.07, 6.45) is 0. The molecule has 0 aliphatic rings. The average Bonchev–Trinajstić information content (AvgIpc) is 2.04. The number of nitrogens with one attached hydrogen (secondary N) is 1. The predicted octanol–water partition coefficient (Wildman–Crippen LogP) is 1.86. The van der Waals surface area contributed by atoms with Crippen LogP contribution in [0.15, 0.2) is 29.2 Å². The topological polar surface area (TPSA) is 49.3 Å².